The van der Waals surface area contributed by atoms with Crippen LogP contribution < -0.4 is 10.1 Å². The van der Waals surface area contributed by atoms with Crippen molar-refractivity contribution in [3.05, 3.63) is 70.9 Å². The predicted molar refractivity (Wildman–Crippen MR) is 124 cm³/mol. The number of hydrogen-bond acceptors (Lipinski definition) is 6. The Balaban J connectivity index is 1.35. The largest absolute Gasteiger partial charge is 0.489 e. The van der Waals surface area contributed by atoms with Crippen LogP contribution in [0, 0.1) is 0 Å². The number of carbonyl (C=O) groups excluding carboxylic acids is 1. The maximum Gasteiger partial charge on any atom is 0.264 e. The van der Waals surface area contributed by atoms with E-state index in [2.05, 4.69) is 39.6 Å². The van der Waals surface area contributed by atoms with Gasteiger partial charge in [0.25, 0.3) is 5.91 Å². The molecule has 5 rings (SSSR count). The summed E-state index contributed by atoms with van der Waals surface area (Å²) < 4.78 is 5.86. The zero-order chi connectivity index (χ0) is 21.4. The molecule has 31 heavy (non-hydrogen) atoms. The van der Waals surface area contributed by atoms with E-state index in [-0.39, 0.29) is 18.1 Å². The van der Waals surface area contributed by atoms with Crippen LogP contribution in [0.2, 0.25) is 0 Å². The van der Waals surface area contributed by atoms with Gasteiger partial charge in [-0.2, -0.15) is 0 Å². The van der Waals surface area contributed by atoms with E-state index in [4.69, 9.17) is 9.73 Å². The molecule has 0 radical (unpaired) electrons. The van der Waals surface area contributed by atoms with Gasteiger partial charge in [0.15, 0.2) is 5.17 Å². The van der Waals surface area contributed by atoms with Gasteiger partial charge >= 0.3 is 0 Å². The monoisotopic (exact) mass is 430 g/mol. The Bertz CT molecular complexity index is 1210. The normalized spacial score (nSPS) is 23.0. The smallest absolute Gasteiger partial charge is 0.264 e. The number of carbonyl (C=O) groups is 1. The lowest BCUT2D eigenvalue weighted by molar-refractivity contribution is -0.115. The minimum absolute atomic E-state index is 0.0338. The van der Waals surface area contributed by atoms with Crippen LogP contribution in [-0.4, -0.2) is 33.2 Å². The van der Waals surface area contributed by atoms with Gasteiger partial charge in [-0.15, -0.1) is 0 Å². The molecule has 1 saturated carbocycles. The summed E-state index contributed by atoms with van der Waals surface area (Å²) in [5, 5.41) is 3.54. The summed E-state index contributed by atoms with van der Waals surface area (Å²) in [5.74, 6) is 0.979. The second-order valence-corrected chi connectivity index (χ2v) is 8.93. The fourth-order valence-electron chi connectivity index (χ4n) is 3.60. The molecule has 3 heterocycles. The molecule has 6 nitrogen and oxygen atoms in total. The number of benzene rings is 1. The number of fused-ring (bicyclic) bond motifs is 1. The predicted octanol–water partition coefficient (Wildman–Crippen LogP) is 4.53. The lowest BCUT2D eigenvalue weighted by atomic mass is 10.1. The summed E-state index contributed by atoms with van der Waals surface area (Å²) in [5.41, 5.74) is 3.43. The van der Waals surface area contributed by atoms with Crippen molar-refractivity contribution in [2.45, 2.75) is 38.3 Å². The summed E-state index contributed by atoms with van der Waals surface area (Å²) in [7, 11) is 0. The van der Waals surface area contributed by atoms with Crippen molar-refractivity contribution in [2.24, 2.45) is 4.99 Å². The van der Waals surface area contributed by atoms with Crippen LogP contribution in [0.3, 0.4) is 0 Å². The first kappa shape index (κ1) is 19.8. The summed E-state index contributed by atoms with van der Waals surface area (Å²) in [6.07, 6.45) is 4.55. The van der Waals surface area contributed by atoms with Crippen LogP contribution in [-0.2, 0) is 4.79 Å². The minimum atomic E-state index is -0.146. The van der Waals surface area contributed by atoms with Gasteiger partial charge < -0.3 is 10.1 Å². The fraction of sp³-hybridized carbons (Fsp3) is 0.250. The summed E-state index contributed by atoms with van der Waals surface area (Å²) in [6.45, 7) is 3.95. The lowest BCUT2D eigenvalue weighted by Gasteiger charge is -2.11. The van der Waals surface area contributed by atoms with Gasteiger partial charge in [0, 0.05) is 18.2 Å². The number of pyridine rings is 2. The molecular formula is C24H22N4O2S. The van der Waals surface area contributed by atoms with Crippen LogP contribution in [0.1, 0.15) is 37.4 Å². The molecule has 7 heteroatoms. The van der Waals surface area contributed by atoms with Crippen molar-refractivity contribution in [2.75, 3.05) is 0 Å². The molecule has 1 aromatic carbocycles. The molecule has 2 fully saturated rings. The number of aliphatic imine (C=N–C) groups is 1. The standard InChI is InChI=1S/C24H22N4O2S/c1-14(2)30-20-10-11-25-18-9-8-16(26-22(18)20)12-21-23(29)28-24(31-21)27-19-13-17(19)15-6-4-3-5-7-15/h3-12,14,17,19H,13H2,1-2H3,(H,27,28,29)/b21-12+. The Morgan fingerprint density at radius 3 is 2.84 bits per heavy atom. The number of amides is 1. The summed E-state index contributed by atoms with van der Waals surface area (Å²) in [4.78, 5) is 26.8. The Kier molecular flexibility index (Phi) is 5.19. The molecule has 3 aromatic rings. The number of ether oxygens (including phenoxy) is 1. The molecule has 0 bridgehead atoms. The van der Waals surface area contributed by atoms with Gasteiger partial charge in [-0.3, -0.25) is 14.8 Å². The minimum Gasteiger partial charge on any atom is -0.489 e. The highest BCUT2D eigenvalue weighted by Gasteiger charge is 2.39. The number of aromatic nitrogens is 2. The average Bonchev–Trinajstić information content (AvgIpc) is 3.44. The Labute approximate surface area is 184 Å². The second-order valence-electron chi connectivity index (χ2n) is 7.90. The Morgan fingerprint density at radius 2 is 2.03 bits per heavy atom. The van der Waals surface area contributed by atoms with E-state index in [1.54, 1.807) is 12.3 Å². The quantitative estimate of drug-likeness (QED) is 0.602. The first-order chi connectivity index (χ1) is 15.1. The molecule has 1 saturated heterocycles. The van der Waals surface area contributed by atoms with Crippen molar-refractivity contribution >= 4 is 39.9 Å². The number of amidine groups is 1. The van der Waals surface area contributed by atoms with Crippen LogP contribution in [0.25, 0.3) is 17.1 Å². The van der Waals surface area contributed by atoms with Crippen molar-refractivity contribution in [3.63, 3.8) is 0 Å². The number of nitrogens with one attached hydrogen (secondary N) is 1. The highest BCUT2D eigenvalue weighted by atomic mass is 32.2. The second kappa shape index (κ2) is 8.15. The molecule has 2 aromatic heterocycles. The molecular weight excluding hydrogens is 408 g/mol. The van der Waals surface area contributed by atoms with E-state index in [9.17, 15) is 4.79 Å². The van der Waals surface area contributed by atoms with Gasteiger partial charge in [-0.25, -0.2) is 4.98 Å². The van der Waals surface area contributed by atoms with Crippen molar-refractivity contribution in [1.82, 2.24) is 15.3 Å². The van der Waals surface area contributed by atoms with E-state index in [1.165, 1.54) is 17.3 Å². The third-order valence-electron chi connectivity index (χ3n) is 5.13. The lowest BCUT2D eigenvalue weighted by Crippen LogP contribution is -2.20. The van der Waals surface area contributed by atoms with Crippen LogP contribution in [0.4, 0.5) is 0 Å². The van der Waals surface area contributed by atoms with Crippen LogP contribution >= 0.6 is 11.8 Å². The number of nitrogens with zero attached hydrogens (tertiary/aromatic N) is 3. The van der Waals surface area contributed by atoms with E-state index < -0.39 is 0 Å². The van der Waals surface area contributed by atoms with Gasteiger partial charge in [0.1, 0.15) is 11.3 Å². The van der Waals surface area contributed by atoms with E-state index in [1.807, 2.05) is 38.1 Å². The number of thioether (sulfide) groups is 1. The maximum absolute atomic E-state index is 12.5. The molecule has 0 spiro atoms. The third kappa shape index (κ3) is 4.32. The average molecular weight is 431 g/mol. The first-order valence-electron chi connectivity index (χ1n) is 10.3. The van der Waals surface area contributed by atoms with Gasteiger partial charge in [-0.1, -0.05) is 30.3 Å². The highest BCUT2D eigenvalue weighted by molar-refractivity contribution is 8.18. The van der Waals surface area contributed by atoms with E-state index >= 15 is 0 Å². The van der Waals surface area contributed by atoms with Crippen molar-refractivity contribution < 1.29 is 9.53 Å². The van der Waals surface area contributed by atoms with Crippen LogP contribution in [0.5, 0.6) is 5.75 Å². The van der Waals surface area contributed by atoms with Gasteiger partial charge in [0.05, 0.1) is 28.3 Å². The van der Waals surface area contributed by atoms with Crippen molar-refractivity contribution in [3.8, 4) is 5.75 Å². The van der Waals surface area contributed by atoms with Gasteiger partial charge in [0.2, 0.25) is 0 Å². The molecule has 2 aliphatic rings. The fourth-order valence-corrected chi connectivity index (χ4v) is 4.47. The van der Waals surface area contributed by atoms with E-state index in [0.29, 0.717) is 33.0 Å². The molecule has 156 valence electrons. The summed E-state index contributed by atoms with van der Waals surface area (Å²) >= 11 is 1.36. The number of hydrogen-bond donors (Lipinski definition) is 1. The Hall–Kier alpha value is -3.19. The highest BCUT2D eigenvalue weighted by Crippen LogP contribution is 2.44. The van der Waals surface area contributed by atoms with E-state index in [0.717, 1.165) is 11.9 Å². The Morgan fingerprint density at radius 1 is 1.19 bits per heavy atom. The molecule has 2 atom stereocenters. The maximum atomic E-state index is 12.5. The zero-order valence-electron chi connectivity index (χ0n) is 17.3. The zero-order valence-corrected chi connectivity index (χ0v) is 18.1. The third-order valence-corrected chi connectivity index (χ3v) is 6.05. The molecule has 1 aliphatic carbocycles. The molecule has 1 amide bonds. The molecule has 1 aliphatic heterocycles. The molecule has 2 unspecified atom stereocenters. The molecule has 1 N–H and O–H groups in total. The number of rotatable bonds is 5. The first-order valence-corrected chi connectivity index (χ1v) is 11.1. The summed E-state index contributed by atoms with van der Waals surface area (Å²) in [6, 6.07) is 16.2. The SMILES string of the molecule is CC(C)Oc1ccnc2ccc(/C=C3/SC(=NC4CC4c4ccccc4)NC3=O)nc12. The topological polar surface area (TPSA) is 76.5 Å². The van der Waals surface area contributed by atoms with Crippen molar-refractivity contribution in [1.29, 1.82) is 0 Å². The van der Waals surface area contributed by atoms with Crippen LogP contribution in [0.15, 0.2) is 64.6 Å². The van der Waals surface area contributed by atoms with Gasteiger partial charge in [-0.05, 0) is 55.8 Å².